The third kappa shape index (κ3) is 8.82. The van der Waals surface area contributed by atoms with Gasteiger partial charge in [0.15, 0.2) is 17.4 Å². The van der Waals surface area contributed by atoms with Crippen molar-refractivity contribution in [3.63, 3.8) is 0 Å². The molecule has 0 nitrogen and oxygen atoms in total. The summed E-state index contributed by atoms with van der Waals surface area (Å²) in [6.07, 6.45) is 0. The Bertz CT molecular complexity index is 8.00. The van der Waals surface area contributed by atoms with Gasteiger partial charge in [-0.3, -0.25) is 0 Å². The Kier molecular flexibility index (Phi) is 70.9. The van der Waals surface area contributed by atoms with Crippen LogP contribution in [0.1, 0.15) is 0 Å². The van der Waals surface area contributed by atoms with Crippen molar-refractivity contribution in [1.29, 1.82) is 0 Å². The van der Waals surface area contributed by atoms with E-state index in [2.05, 4.69) is 0 Å². The van der Waals surface area contributed by atoms with E-state index in [1.807, 2.05) is 0 Å². The average Bonchev–Trinajstić information content (AvgIpc) is 1.00. The van der Waals surface area contributed by atoms with Crippen LogP contribution in [0, 0.1) is 0 Å². The standard InChI is InChI=1S/Al.FH.Li.Sr.5H/h;1H;;;;;;;/q;;+1;;;;;;/p-1. The van der Waals surface area contributed by atoms with Crippen molar-refractivity contribution < 1.29 is 3.38 Å². The summed E-state index contributed by atoms with van der Waals surface area (Å²) in [6, 6.07) is 0. The van der Waals surface area contributed by atoms with Gasteiger partial charge in [0.25, 0.3) is 0 Å². The van der Waals surface area contributed by atoms with Gasteiger partial charge in [-0.25, -0.2) is 0 Å². The number of rotatable bonds is 0. The van der Waals surface area contributed by atoms with Crippen molar-refractivity contribution in [1.82, 2.24) is 0 Å². The average molecular weight is 146 g/mol. The first-order valence-corrected chi connectivity index (χ1v) is 0.378. The number of hydrogen-bond donors (Lipinski definition) is 0. The predicted molar refractivity (Wildman–Crippen MR) is 25.3 cm³/mol. The number of halogens is 1. The molecule has 0 rings (SSSR count). The molecule has 0 aromatic heterocycles. The molecule has 0 aromatic carbocycles. The molecule has 0 saturated heterocycles. The Morgan fingerprint density at radius 1 is 1.25 bits per heavy atom. The van der Waals surface area contributed by atoms with E-state index in [4.69, 9.17) is 0 Å². The molecule has 0 unspecified atom stereocenters. The second kappa shape index (κ2) is 17.7. The van der Waals surface area contributed by atoms with E-state index >= 15 is 0 Å². The van der Waals surface area contributed by atoms with Gasteiger partial charge in [-0.15, -0.1) is 0 Å². The molecule has 4 heavy (non-hydrogen) atoms. The Morgan fingerprint density at radius 3 is 1.25 bits per heavy atom. The van der Waals surface area contributed by atoms with Gasteiger partial charge in [-0.2, -0.15) is 0 Å². The number of hydrogen-bond acceptors (Lipinski definition) is 0. The molecule has 0 aromatic rings. The van der Waals surface area contributed by atoms with Crippen LogP contribution in [0.5, 0.6) is 0 Å². The molecule has 0 aliphatic rings. The summed E-state index contributed by atoms with van der Waals surface area (Å²) in [5.74, 6) is 0. The summed E-state index contributed by atoms with van der Waals surface area (Å²) in [7, 11) is 0. The maximum atomic E-state index is 9.50. The van der Waals surface area contributed by atoms with Crippen molar-refractivity contribution in [2.45, 2.75) is 0 Å². The molecule has 0 saturated carbocycles. The van der Waals surface area contributed by atoms with Crippen molar-refractivity contribution in [3.8, 4) is 0 Å². The molecule has 18 valence electrons. The van der Waals surface area contributed by atoms with E-state index in [0.29, 0.717) is 18.2 Å². The van der Waals surface area contributed by atoms with Crippen LogP contribution in [0.3, 0.4) is 0 Å². The quantitative estimate of drug-likeness (QED) is 0.344. The third-order valence-electron chi connectivity index (χ3n) is 0. The summed E-state index contributed by atoms with van der Waals surface area (Å²) < 4.78 is 9.50. The summed E-state index contributed by atoms with van der Waals surface area (Å²) in [6.45, 7) is 0. The summed E-state index contributed by atoms with van der Waals surface area (Å²) >= 11 is 0.500. The zero-order chi connectivity index (χ0) is 2.00. The minimum atomic E-state index is 0. The Hall–Kier alpha value is 2.54. The summed E-state index contributed by atoms with van der Waals surface area (Å²) in [5.41, 5.74) is 0. The van der Waals surface area contributed by atoms with Crippen LogP contribution in [0.25, 0.3) is 0 Å². The molecule has 0 spiro atoms. The van der Waals surface area contributed by atoms with Crippen molar-refractivity contribution in [2.24, 2.45) is 0 Å². The first-order chi connectivity index (χ1) is 1.00. The Labute approximate surface area is 82.7 Å². The van der Waals surface area contributed by atoms with Crippen LogP contribution in [0.15, 0.2) is 0 Å². The second-order valence-corrected chi connectivity index (χ2v) is 0. The van der Waals surface area contributed by atoms with Gasteiger partial charge in [0.1, 0.15) is 0 Å². The maximum absolute atomic E-state index is 9.50. The fourth-order valence-electron chi connectivity index (χ4n) is 0. The van der Waals surface area contributed by atoms with Crippen LogP contribution in [0.2, 0.25) is 0 Å². The molecule has 0 aliphatic heterocycles. The predicted octanol–water partition coefficient (Wildman–Crippen LogP) is -2.06. The second-order valence-electron chi connectivity index (χ2n) is 0. The third-order valence-corrected chi connectivity index (χ3v) is 0. The van der Waals surface area contributed by atoms with E-state index in [9.17, 15) is 3.38 Å². The van der Waals surface area contributed by atoms with Crippen LogP contribution in [0.4, 0.5) is 3.38 Å². The molecule has 4 heteroatoms. The molecule has 0 heterocycles. The molecular formula is H5AlFLiSr. The summed E-state index contributed by atoms with van der Waals surface area (Å²) in [5, 5.41) is 0. The van der Waals surface area contributed by atoms with Crippen molar-refractivity contribution in [3.05, 3.63) is 0 Å². The van der Waals surface area contributed by atoms with Crippen LogP contribution < -0.4 is 0 Å². The van der Waals surface area contributed by atoms with Crippen LogP contribution in [-0.4, -0.2) is 81.0 Å². The molecule has 0 N–H and O–H groups in total. The van der Waals surface area contributed by atoms with E-state index < -0.39 is 0 Å². The fourth-order valence-corrected chi connectivity index (χ4v) is 0. The van der Waals surface area contributed by atoms with Gasteiger partial charge in [0.05, 0.1) is 0 Å². The molecule has 0 radical (unpaired) electrons. The Morgan fingerprint density at radius 2 is 1.25 bits per heavy atom. The zero-order valence-electron chi connectivity index (χ0n) is 1.38. The first kappa shape index (κ1) is 16.0. The minimum absolute atomic E-state index is 0. The molecule has 0 bridgehead atoms. The SMILES string of the molecule is [AlH3].[Li][F].[SrH2]. The van der Waals surface area contributed by atoms with Gasteiger partial charge in [-0.1, -0.05) is 0 Å². The van der Waals surface area contributed by atoms with Gasteiger partial charge in [0, 0.05) is 0 Å². The molecule has 0 amide bonds. The molecule has 0 atom stereocenters. The monoisotopic (exact) mass is 146 g/mol. The van der Waals surface area contributed by atoms with Gasteiger partial charge in [0.2, 0.25) is 0 Å². The van der Waals surface area contributed by atoms with Gasteiger partial charge >= 0.3 is 67.1 Å². The van der Waals surface area contributed by atoms with Crippen LogP contribution in [-0.2, 0) is 0 Å². The van der Waals surface area contributed by atoms with E-state index in [-0.39, 0.29) is 62.8 Å². The van der Waals surface area contributed by atoms with Gasteiger partial charge < -0.3 is 0 Å². The van der Waals surface area contributed by atoms with Crippen molar-refractivity contribution in [2.75, 3.05) is 0 Å². The van der Waals surface area contributed by atoms with Gasteiger partial charge in [-0.05, 0) is 0 Å². The fraction of sp³-hybridized carbons (Fsp3) is 0. The normalized spacial score (nSPS) is 1.75. The molecule has 0 fully saturated rings. The van der Waals surface area contributed by atoms with E-state index in [1.54, 1.807) is 0 Å². The van der Waals surface area contributed by atoms with E-state index in [0.717, 1.165) is 0 Å². The van der Waals surface area contributed by atoms with E-state index in [1.165, 1.54) is 0 Å². The first-order valence-electron chi connectivity index (χ1n) is 0.378. The topological polar surface area (TPSA) is 0 Å². The molecular weight excluding hydrogens is 141 g/mol. The zero-order valence-corrected chi connectivity index (χ0v) is 1.38. The Balaban J connectivity index is -0.00000000500. The molecule has 0 aliphatic carbocycles. The van der Waals surface area contributed by atoms with Crippen molar-refractivity contribution >= 4 is 81.0 Å². The van der Waals surface area contributed by atoms with Crippen LogP contribution >= 0.6 is 0 Å². The summed E-state index contributed by atoms with van der Waals surface area (Å²) in [4.78, 5) is 0.